The van der Waals surface area contributed by atoms with Crippen molar-refractivity contribution >= 4 is 40.5 Å². The van der Waals surface area contributed by atoms with Gasteiger partial charge in [0.05, 0.1) is 20.5 Å². The molecule has 2 aromatic heterocycles. The third kappa shape index (κ3) is 3.39. The number of carbonyl (C=O) groups is 1. The third-order valence-electron chi connectivity index (χ3n) is 2.98. The molecule has 3 rings (SSSR count). The summed E-state index contributed by atoms with van der Waals surface area (Å²) in [5, 5.41) is 10.2. The number of benzene rings is 1. The highest BCUT2D eigenvalue weighted by Gasteiger charge is 2.22. The van der Waals surface area contributed by atoms with Crippen LogP contribution in [0.1, 0.15) is 29.3 Å². The molecule has 0 N–H and O–H groups in total. The average molecular weight is 369 g/mol. The van der Waals surface area contributed by atoms with Gasteiger partial charge >= 0.3 is 5.97 Å². The second-order valence-electron chi connectivity index (χ2n) is 4.57. The van der Waals surface area contributed by atoms with E-state index < -0.39 is 12.1 Å². The summed E-state index contributed by atoms with van der Waals surface area (Å²) in [6, 6.07) is 8.50. The van der Waals surface area contributed by atoms with Crippen LogP contribution in [0.3, 0.4) is 0 Å². The van der Waals surface area contributed by atoms with E-state index in [1.807, 2.05) is 17.5 Å². The number of carbonyl (C=O) groups excluding carboxylic acids is 1. The Hall–Kier alpha value is -1.89. The van der Waals surface area contributed by atoms with Crippen LogP contribution in [0.5, 0.6) is 0 Å². The minimum absolute atomic E-state index is 0.149. The topological polar surface area (TPSA) is 65.2 Å². The van der Waals surface area contributed by atoms with Gasteiger partial charge in [-0.25, -0.2) is 4.79 Å². The molecule has 23 heavy (non-hydrogen) atoms. The maximum atomic E-state index is 12.2. The van der Waals surface area contributed by atoms with Crippen molar-refractivity contribution in [2.45, 2.75) is 13.0 Å². The van der Waals surface area contributed by atoms with Gasteiger partial charge in [0.25, 0.3) is 11.8 Å². The van der Waals surface area contributed by atoms with Gasteiger partial charge in [-0.1, -0.05) is 35.3 Å². The van der Waals surface area contributed by atoms with Crippen molar-refractivity contribution in [2.75, 3.05) is 0 Å². The molecule has 1 atom stereocenters. The highest BCUT2D eigenvalue weighted by molar-refractivity contribution is 7.13. The predicted octanol–water partition coefficient (Wildman–Crippen LogP) is 5.02. The molecule has 118 valence electrons. The van der Waals surface area contributed by atoms with Crippen LogP contribution in [0.4, 0.5) is 0 Å². The Morgan fingerprint density at radius 2 is 2.09 bits per heavy atom. The molecule has 0 saturated carbocycles. The van der Waals surface area contributed by atoms with Gasteiger partial charge in [0.2, 0.25) is 0 Å². The summed E-state index contributed by atoms with van der Waals surface area (Å²) in [6.45, 7) is 1.64. The largest absolute Gasteiger partial charge is 0.449 e. The van der Waals surface area contributed by atoms with Crippen LogP contribution in [0.15, 0.2) is 40.1 Å². The molecule has 0 radical (unpaired) electrons. The first-order valence-corrected chi connectivity index (χ1v) is 8.22. The number of hydrogen-bond acceptors (Lipinski definition) is 6. The van der Waals surface area contributed by atoms with E-state index >= 15 is 0 Å². The zero-order valence-corrected chi connectivity index (χ0v) is 14.2. The summed E-state index contributed by atoms with van der Waals surface area (Å²) < 4.78 is 10.8. The Morgan fingerprint density at radius 3 is 2.83 bits per heavy atom. The molecule has 2 heterocycles. The normalized spacial score (nSPS) is 12.1. The van der Waals surface area contributed by atoms with E-state index in [0.717, 1.165) is 4.88 Å². The lowest BCUT2D eigenvalue weighted by atomic mass is 10.2. The van der Waals surface area contributed by atoms with E-state index in [2.05, 4.69) is 10.2 Å². The van der Waals surface area contributed by atoms with Crippen LogP contribution in [-0.4, -0.2) is 16.2 Å². The van der Waals surface area contributed by atoms with Crippen molar-refractivity contribution < 1.29 is 13.9 Å². The summed E-state index contributed by atoms with van der Waals surface area (Å²) >= 11 is 13.4. The van der Waals surface area contributed by atoms with Crippen LogP contribution >= 0.6 is 34.5 Å². The van der Waals surface area contributed by atoms with E-state index in [0.29, 0.717) is 5.89 Å². The fourth-order valence-electron chi connectivity index (χ4n) is 1.83. The highest BCUT2D eigenvalue weighted by atomic mass is 35.5. The van der Waals surface area contributed by atoms with Gasteiger partial charge in [0, 0.05) is 0 Å². The number of nitrogens with zero attached hydrogens (tertiary/aromatic N) is 2. The summed E-state index contributed by atoms with van der Waals surface area (Å²) in [5.41, 5.74) is 0.184. The van der Waals surface area contributed by atoms with Crippen LogP contribution in [-0.2, 0) is 4.74 Å². The number of rotatable bonds is 4. The standard InChI is InChI=1S/C15H10Cl2N2O3S/c1-8(13-18-19-14(22-13)11-6-3-7-23-11)21-15(20)9-4-2-5-10(16)12(9)17/h2-8H,1H3. The molecule has 0 bridgehead atoms. The van der Waals surface area contributed by atoms with E-state index in [-0.39, 0.29) is 21.5 Å². The Labute approximate surface area is 145 Å². The maximum Gasteiger partial charge on any atom is 0.340 e. The van der Waals surface area contributed by atoms with Gasteiger partial charge in [0.15, 0.2) is 6.10 Å². The molecule has 0 spiro atoms. The molecule has 0 aliphatic rings. The van der Waals surface area contributed by atoms with Gasteiger partial charge in [-0.15, -0.1) is 21.5 Å². The van der Waals surface area contributed by atoms with E-state index in [9.17, 15) is 4.79 Å². The molecule has 0 saturated heterocycles. The molecule has 0 fully saturated rings. The molecule has 5 nitrogen and oxygen atoms in total. The van der Waals surface area contributed by atoms with Crippen molar-refractivity contribution in [3.8, 4) is 10.8 Å². The molecule has 3 aromatic rings. The van der Waals surface area contributed by atoms with Crippen molar-refractivity contribution in [2.24, 2.45) is 0 Å². The first kappa shape index (κ1) is 16.0. The lowest BCUT2D eigenvalue weighted by molar-refractivity contribution is 0.0280. The first-order valence-electron chi connectivity index (χ1n) is 6.58. The summed E-state index contributed by atoms with van der Waals surface area (Å²) in [7, 11) is 0. The maximum absolute atomic E-state index is 12.2. The smallest absolute Gasteiger partial charge is 0.340 e. The molecule has 0 aliphatic heterocycles. The molecule has 0 aliphatic carbocycles. The number of aromatic nitrogens is 2. The van der Waals surface area contributed by atoms with E-state index in [1.54, 1.807) is 19.1 Å². The minimum Gasteiger partial charge on any atom is -0.449 e. The quantitative estimate of drug-likeness (QED) is 0.604. The number of ether oxygens (including phenoxy) is 1. The Kier molecular flexibility index (Phi) is 4.66. The second kappa shape index (κ2) is 6.70. The zero-order valence-electron chi connectivity index (χ0n) is 11.8. The number of thiophene rings is 1. The Bertz CT molecular complexity index is 833. The van der Waals surface area contributed by atoms with Crippen molar-refractivity contribution in [1.82, 2.24) is 10.2 Å². The lowest BCUT2D eigenvalue weighted by Crippen LogP contribution is -2.10. The van der Waals surface area contributed by atoms with Crippen LogP contribution in [0.2, 0.25) is 10.0 Å². The minimum atomic E-state index is -0.709. The monoisotopic (exact) mass is 368 g/mol. The summed E-state index contributed by atoms with van der Waals surface area (Å²) in [6.07, 6.45) is -0.709. The number of esters is 1. The molecular weight excluding hydrogens is 359 g/mol. The van der Waals surface area contributed by atoms with E-state index in [1.165, 1.54) is 17.4 Å². The van der Waals surface area contributed by atoms with Gasteiger partial charge < -0.3 is 9.15 Å². The molecule has 8 heteroatoms. The summed E-state index contributed by atoms with van der Waals surface area (Å²) in [5.74, 6) is -0.0144. The van der Waals surface area contributed by atoms with Crippen LogP contribution < -0.4 is 0 Å². The van der Waals surface area contributed by atoms with E-state index in [4.69, 9.17) is 32.4 Å². The number of hydrogen-bond donors (Lipinski definition) is 0. The molecule has 0 amide bonds. The zero-order chi connectivity index (χ0) is 16.4. The average Bonchev–Trinajstić information content (AvgIpc) is 3.20. The van der Waals surface area contributed by atoms with Gasteiger partial charge in [-0.05, 0) is 30.5 Å². The van der Waals surface area contributed by atoms with Crippen molar-refractivity contribution in [1.29, 1.82) is 0 Å². The third-order valence-corrected chi connectivity index (χ3v) is 4.65. The van der Waals surface area contributed by atoms with Gasteiger partial charge in [0.1, 0.15) is 0 Å². The number of halogens is 2. The van der Waals surface area contributed by atoms with Crippen molar-refractivity contribution in [3.05, 3.63) is 57.2 Å². The van der Waals surface area contributed by atoms with Crippen LogP contribution in [0, 0.1) is 0 Å². The second-order valence-corrected chi connectivity index (χ2v) is 6.30. The first-order chi connectivity index (χ1) is 11.1. The van der Waals surface area contributed by atoms with Crippen molar-refractivity contribution in [3.63, 3.8) is 0 Å². The van der Waals surface area contributed by atoms with Gasteiger partial charge in [-0.3, -0.25) is 0 Å². The fourth-order valence-corrected chi connectivity index (χ4v) is 2.86. The fraction of sp³-hybridized carbons (Fsp3) is 0.133. The molecular formula is C15H10Cl2N2O3S. The Morgan fingerprint density at radius 1 is 1.26 bits per heavy atom. The van der Waals surface area contributed by atoms with Gasteiger partial charge in [-0.2, -0.15) is 0 Å². The predicted molar refractivity (Wildman–Crippen MR) is 87.9 cm³/mol. The summed E-state index contributed by atoms with van der Waals surface area (Å²) in [4.78, 5) is 13.0. The highest BCUT2D eigenvalue weighted by Crippen LogP contribution is 2.29. The molecule has 1 aromatic carbocycles. The Balaban J connectivity index is 1.75. The SMILES string of the molecule is CC(OC(=O)c1cccc(Cl)c1Cl)c1nnc(-c2cccs2)o1. The van der Waals surface area contributed by atoms with Crippen LogP contribution in [0.25, 0.3) is 10.8 Å². The lowest BCUT2D eigenvalue weighted by Gasteiger charge is -2.10. The molecule has 1 unspecified atom stereocenters.